The van der Waals surface area contributed by atoms with Crippen molar-refractivity contribution in [1.82, 2.24) is 15.3 Å². The van der Waals surface area contributed by atoms with Gasteiger partial charge in [-0.3, -0.25) is 0 Å². The van der Waals surface area contributed by atoms with Crippen LogP contribution in [0.2, 0.25) is 0 Å². The Bertz CT molecular complexity index is 450. The van der Waals surface area contributed by atoms with Crippen LogP contribution < -0.4 is 10.6 Å². The summed E-state index contributed by atoms with van der Waals surface area (Å²) in [7, 11) is 0. The van der Waals surface area contributed by atoms with Crippen LogP contribution in [0.5, 0.6) is 0 Å². The molecule has 1 aromatic heterocycles. The quantitative estimate of drug-likeness (QED) is 0.896. The van der Waals surface area contributed by atoms with Crippen LogP contribution in [-0.2, 0) is 4.74 Å². The van der Waals surface area contributed by atoms with E-state index in [-0.39, 0.29) is 12.1 Å². The van der Waals surface area contributed by atoms with E-state index < -0.39 is 5.60 Å². The van der Waals surface area contributed by atoms with Gasteiger partial charge in [-0.1, -0.05) is 0 Å². The molecule has 0 spiro atoms. The summed E-state index contributed by atoms with van der Waals surface area (Å²) in [5.41, 5.74) is -0.449. The van der Waals surface area contributed by atoms with E-state index in [2.05, 4.69) is 20.6 Å². The molecule has 116 valence electrons. The first-order valence-corrected chi connectivity index (χ1v) is 7.44. The molecule has 2 N–H and O–H groups in total. The summed E-state index contributed by atoms with van der Waals surface area (Å²) in [6.45, 7) is 5.61. The van der Waals surface area contributed by atoms with Crippen LogP contribution in [0, 0.1) is 0 Å². The van der Waals surface area contributed by atoms with Crippen molar-refractivity contribution in [3.05, 3.63) is 18.6 Å². The lowest BCUT2D eigenvalue weighted by molar-refractivity contribution is 0.0492. The van der Waals surface area contributed by atoms with Crippen molar-refractivity contribution in [2.75, 3.05) is 5.32 Å². The van der Waals surface area contributed by atoms with E-state index in [1.54, 1.807) is 6.20 Å². The molecule has 0 bridgehead atoms. The number of hydrogen-bond donors (Lipinski definition) is 2. The second-order valence-corrected chi connectivity index (χ2v) is 6.43. The van der Waals surface area contributed by atoms with Crippen LogP contribution in [0.25, 0.3) is 0 Å². The topological polar surface area (TPSA) is 76.1 Å². The maximum Gasteiger partial charge on any atom is 0.407 e. The number of nitrogens with zero attached hydrogens (tertiary/aromatic N) is 2. The highest BCUT2D eigenvalue weighted by Gasteiger charge is 2.24. The summed E-state index contributed by atoms with van der Waals surface area (Å²) in [5, 5.41) is 6.34. The Labute approximate surface area is 125 Å². The minimum Gasteiger partial charge on any atom is -0.444 e. The smallest absolute Gasteiger partial charge is 0.407 e. The lowest BCUT2D eigenvalue weighted by atomic mass is 9.91. The molecule has 1 fully saturated rings. The van der Waals surface area contributed by atoms with Crippen LogP contribution >= 0.6 is 0 Å². The molecule has 0 radical (unpaired) electrons. The Morgan fingerprint density at radius 1 is 1.24 bits per heavy atom. The summed E-state index contributed by atoms with van der Waals surface area (Å²) in [6.07, 6.45) is 6.84. The fourth-order valence-electron chi connectivity index (χ4n) is 2.44. The molecule has 0 saturated heterocycles. The van der Waals surface area contributed by atoms with Crippen LogP contribution in [0.3, 0.4) is 0 Å². The highest BCUT2D eigenvalue weighted by molar-refractivity contribution is 5.68. The number of anilines is 1. The largest absolute Gasteiger partial charge is 0.444 e. The van der Waals surface area contributed by atoms with E-state index in [1.807, 2.05) is 26.8 Å². The lowest BCUT2D eigenvalue weighted by Crippen LogP contribution is -2.42. The van der Waals surface area contributed by atoms with Gasteiger partial charge in [-0.05, 0) is 52.5 Å². The van der Waals surface area contributed by atoms with Crippen molar-refractivity contribution in [2.45, 2.75) is 64.1 Å². The first-order valence-electron chi connectivity index (χ1n) is 7.44. The van der Waals surface area contributed by atoms with E-state index in [1.165, 1.54) is 6.33 Å². The average molecular weight is 292 g/mol. The highest BCUT2D eigenvalue weighted by Crippen LogP contribution is 2.21. The maximum absolute atomic E-state index is 11.7. The molecule has 1 aliphatic rings. The molecule has 6 nitrogen and oxygen atoms in total. The molecule has 21 heavy (non-hydrogen) atoms. The number of alkyl carbamates (subject to hydrolysis) is 1. The second kappa shape index (κ2) is 6.74. The molecule has 1 heterocycles. The molecule has 1 saturated carbocycles. The first-order chi connectivity index (χ1) is 9.92. The molecule has 6 heteroatoms. The maximum atomic E-state index is 11.7. The van der Waals surface area contributed by atoms with Crippen molar-refractivity contribution in [2.24, 2.45) is 0 Å². The predicted molar refractivity (Wildman–Crippen MR) is 81.1 cm³/mol. The van der Waals surface area contributed by atoms with Crippen LogP contribution in [0.1, 0.15) is 46.5 Å². The van der Waals surface area contributed by atoms with E-state index in [4.69, 9.17) is 4.74 Å². The zero-order valence-corrected chi connectivity index (χ0v) is 12.9. The van der Waals surface area contributed by atoms with Gasteiger partial charge in [-0.15, -0.1) is 0 Å². The predicted octanol–water partition coefficient (Wildman–Crippen LogP) is 2.72. The van der Waals surface area contributed by atoms with Crippen LogP contribution in [0.15, 0.2) is 18.6 Å². The molecule has 1 aliphatic carbocycles. The normalized spacial score (nSPS) is 22.4. The van der Waals surface area contributed by atoms with E-state index in [0.29, 0.717) is 6.04 Å². The Kier molecular flexibility index (Phi) is 4.98. The standard InChI is InChI=1S/C15H24N4O2/c1-15(2,3)21-14(20)19-12-6-4-11(5-7-12)18-13-8-9-16-10-17-13/h8-12H,4-7H2,1-3H3,(H,19,20)(H,16,17,18). The third-order valence-corrected chi connectivity index (χ3v) is 3.38. The van der Waals surface area contributed by atoms with Gasteiger partial charge >= 0.3 is 6.09 Å². The summed E-state index contributed by atoms with van der Waals surface area (Å²) in [4.78, 5) is 19.8. The molecule has 1 amide bonds. The van der Waals surface area contributed by atoms with Gasteiger partial charge in [0.05, 0.1) is 0 Å². The van der Waals surface area contributed by atoms with Crippen LogP contribution in [0.4, 0.5) is 10.6 Å². The molecule has 2 rings (SSSR count). The molecule has 0 aliphatic heterocycles. The summed E-state index contributed by atoms with van der Waals surface area (Å²) in [5.74, 6) is 0.855. The van der Waals surface area contributed by atoms with Gasteiger partial charge in [-0.2, -0.15) is 0 Å². The Morgan fingerprint density at radius 2 is 1.90 bits per heavy atom. The van der Waals surface area contributed by atoms with Gasteiger partial charge in [-0.25, -0.2) is 14.8 Å². The van der Waals surface area contributed by atoms with Gasteiger partial charge in [0.25, 0.3) is 0 Å². The minimum atomic E-state index is -0.449. The molecule has 0 unspecified atom stereocenters. The minimum absolute atomic E-state index is 0.197. The van der Waals surface area contributed by atoms with Gasteiger partial charge < -0.3 is 15.4 Å². The third kappa shape index (κ3) is 5.57. The SMILES string of the molecule is CC(C)(C)OC(=O)NC1CCC(Nc2ccncn2)CC1. The zero-order chi connectivity index (χ0) is 15.3. The molecular weight excluding hydrogens is 268 g/mol. The van der Waals surface area contributed by atoms with Crippen molar-refractivity contribution in [1.29, 1.82) is 0 Å². The monoisotopic (exact) mass is 292 g/mol. The fourth-order valence-corrected chi connectivity index (χ4v) is 2.44. The fraction of sp³-hybridized carbons (Fsp3) is 0.667. The Balaban J connectivity index is 1.72. The number of ether oxygens (including phenoxy) is 1. The van der Waals surface area contributed by atoms with E-state index in [0.717, 1.165) is 31.5 Å². The highest BCUT2D eigenvalue weighted by atomic mass is 16.6. The summed E-state index contributed by atoms with van der Waals surface area (Å²) in [6, 6.07) is 2.46. The van der Waals surface area contributed by atoms with Crippen molar-refractivity contribution in [3.8, 4) is 0 Å². The van der Waals surface area contributed by atoms with E-state index in [9.17, 15) is 4.79 Å². The summed E-state index contributed by atoms with van der Waals surface area (Å²) < 4.78 is 5.28. The lowest BCUT2D eigenvalue weighted by Gasteiger charge is -2.30. The third-order valence-electron chi connectivity index (χ3n) is 3.38. The van der Waals surface area contributed by atoms with Crippen molar-refractivity contribution >= 4 is 11.9 Å². The number of carbonyl (C=O) groups is 1. The number of aromatic nitrogens is 2. The number of hydrogen-bond acceptors (Lipinski definition) is 5. The number of rotatable bonds is 3. The van der Waals surface area contributed by atoms with Gasteiger partial charge in [0.2, 0.25) is 0 Å². The number of nitrogens with one attached hydrogen (secondary N) is 2. The second-order valence-electron chi connectivity index (χ2n) is 6.43. The Hall–Kier alpha value is -1.85. The number of amides is 1. The van der Waals surface area contributed by atoms with Gasteiger partial charge in [0.1, 0.15) is 17.7 Å². The molecule has 0 aromatic carbocycles. The van der Waals surface area contributed by atoms with Gasteiger partial charge in [0.15, 0.2) is 0 Å². The first kappa shape index (κ1) is 15.5. The van der Waals surface area contributed by atoms with Crippen LogP contribution in [-0.4, -0.2) is 33.7 Å². The van der Waals surface area contributed by atoms with Crippen molar-refractivity contribution < 1.29 is 9.53 Å². The zero-order valence-electron chi connectivity index (χ0n) is 12.9. The summed E-state index contributed by atoms with van der Waals surface area (Å²) >= 11 is 0. The average Bonchev–Trinajstić information content (AvgIpc) is 2.40. The molecule has 1 aromatic rings. The Morgan fingerprint density at radius 3 is 2.48 bits per heavy atom. The number of carbonyl (C=O) groups excluding carboxylic acids is 1. The van der Waals surface area contributed by atoms with Gasteiger partial charge in [0, 0.05) is 18.3 Å². The molecular formula is C15H24N4O2. The van der Waals surface area contributed by atoms with Crippen molar-refractivity contribution in [3.63, 3.8) is 0 Å². The van der Waals surface area contributed by atoms with E-state index >= 15 is 0 Å². The molecule has 0 atom stereocenters.